The summed E-state index contributed by atoms with van der Waals surface area (Å²) < 4.78 is 0. The van der Waals surface area contributed by atoms with Crippen molar-refractivity contribution < 1.29 is 0 Å². The van der Waals surface area contributed by atoms with Gasteiger partial charge in [-0.25, -0.2) is 0 Å². The van der Waals surface area contributed by atoms with Crippen LogP contribution in [0, 0.1) is 0 Å². The van der Waals surface area contributed by atoms with Crippen molar-refractivity contribution in [1.82, 2.24) is 9.80 Å². The maximum absolute atomic E-state index is 2.38. The van der Waals surface area contributed by atoms with Gasteiger partial charge in [0.15, 0.2) is 0 Å². The summed E-state index contributed by atoms with van der Waals surface area (Å²) >= 11 is 0. The van der Waals surface area contributed by atoms with Crippen molar-refractivity contribution in [3.8, 4) is 0 Å². The first-order valence-electron chi connectivity index (χ1n) is 6.09. The molecule has 2 rings (SSSR count). The van der Waals surface area contributed by atoms with Crippen molar-refractivity contribution in [2.75, 3.05) is 13.2 Å². The predicted octanol–water partition coefficient (Wildman–Crippen LogP) is 3.03. The molecule has 0 unspecified atom stereocenters. The molecule has 2 nitrogen and oxygen atoms in total. The van der Waals surface area contributed by atoms with E-state index in [4.69, 9.17) is 0 Å². The van der Waals surface area contributed by atoms with Gasteiger partial charge in [0.2, 0.25) is 0 Å². The van der Waals surface area contributed by atoms with Gasteiger partial charge >= 0.3 is 0 Å². The van der Waals surface area contributed by atoms with Crippen LogP contribution < -0.4 is 0 Å². The number of unbranched alkanes of at least 4 members (excludes halogenated alkanes) is 1. The lowest BCUT2D eigenvalue weighted by atomic mass is 10.2. The normalized spacial score (nSPS) is 14.8. The van der Waals surface area contributed by atoms with E-state index >= 15 is 0 Å². The van der Waals surface area contributed by atoms with Gasteiger partial charge in [-0.05, 0) is 12.0 Å². The van der Waals surface area contributed by atoms with E-state index in [1.165, 1.54) is 24.9 Å². The van der Waals surface area contributed by atoms with Crippen LogP contribution in [-0.4, -0.2) is 23.0 Å². The molecule has 0 saturated carbocycles. The van der Waals surface area contributed by atoms with E-state index in [1.54, 1.807) is 0 Å². The van der Waals surface area contributed by atoms with Crippen LogP contribution in [0.25, 0.3) is 0 Å². The maximum atomic E-state index is 2.38. The number of nitrogens with zero attached hydrogens (tertiary/aromatic N) is 2. The fraction of sp³-hybridized carbons (Fsp3) is 0.429. The standard InChI is InChI=1S/C14H20N2/c1-2-3-9-15-10-11-16(13-15)12-14-7-5-4-6-8-14/h4-8,10-11H,2-3,9,12-13H2,1H3. The molecule has 0 N–H and O–H groups in total. The Hall–Kier alpha value is -1.44. The summed E-state index contributed by atoms with van der Waals surface area (Å²) in [6.45, 7) is 5.47. The van der Waals surface area contributed by atoms with Crippen molar-refractivity contribution in [3.05, 3.63) is 48.3 Å². The Morgan fingerprint density at radius 2 is 1.81 bits per heavy atom. The minimum absolute atomic E-state index is 1.01. The van der Waals surface area contributed by atoms with Crippen molar-refractivity contribution in [3.63, 3.8) is 0 Å². The second-order valence-electron chi connectivity index (χ2n) is 4.34. The number of benzene rings is 1. The average Bonchev–Trinajstić information content (AvgIpc) is 2.75. The molecule has 0 aliphatic carbocycles. The third-order valence-corrected chi connectivity index (χ3v) is 2.88. The molecule has 0 aromatic heterocycles. The Labute approximate surface area is 98.2 Å². The molecule has 86 valence electrons. The van der Waals surface area contributed by atoms with E-state index in [0.29, 0.717) is 0 Å². The summed E-state index contributed by atoms with van der Waals surface area (Å²) in [6.07, 6.45) is 6.95. The van der Waals surface area contributed by atoms with Gasteiger partial charge in [-0.2, -0.15) is 0 Å². The maximum Gasteiger partial charge on any atom is 0.0897 e. The van der Waals surface area contributed by atoms with Crippen LogP contribution in [0.1, 0.15) is 25.3 Å². The smallest absolute Gasteiger partial charge is 0.0897 e. The first kappa shape index (κ1) is 11.1. The second-order valence-corrected chi connectivity index (χ2v) is 4.34. The lowest BCUT2D eigenvalue weighted by Crippen LogP contribution is -2.25. The molecule has 1 aliphatic rings. The van der Waals surface area contributed by atoms with Crippen LogP contribution in [0.5, 0.6) is 0 Å². The number of hydrogen-bond donors (Lipinski definition) is 0. The first-order chi connectivity index (χ1) is 7.88. The highest BCUT2D eigenvalue weighted by Gasteiger charge is 2.11. The second kappa shape index (κ2) is 5.59. The fourth-order valence-corrected chi connectivity index (χ4v) is 1.94. The largest absolute Gasteiger partial charge is 0.359 e. The van der Waals surface area contributed by atoms with Crippen LogP contribution in [0.2, 0.25) is 0 Å². The van der Waals surface area contributed by atoms with E-state index in [2.05, 4.69) is 59.5 Å². The molecular formula is C14H20N2. The van der Waals surface area contributed by atoms with Crippen LogP contribution in [0.4, 0.5) is 0 Å². The van der Waals surface area contributed by atoms with E-state index in [0.717, 1.165) is 13.2 Å². The Balaban J connectivity index is 1.80. The van der Waals surface area contributed by atoms with Crippen molar-refractivity contribution >= 4 is 0 Å². The molecule has 0 saturated heterocycles. The molecule has 2 heteroatoms. The monoisotopic (exact) mass is 216 g/mol. The number of hydrogen-bond acceptors (Lipinski definition) is 2. The average molecular weight is 216 g/mol. The Bertz CT molecular complexity index is 332. The van der Waals surface area contributed by atoms with Crippen LogP contribution >= 0.6 is 0 Å². The molecule has 1 aromatic carbocycles. The van der Waals surface area contributed by atoms with Crippen LogP contribution in [0.15, 0.2) is 42.7 Å². The lowest BCUT2D eigenvalue weighted by molar-refractivity contribution is 0.257. The van der Waals surface area contributed by atoms with Gasteiger partial charge < -0.3 is 9.80 Å². The zero-order valence-corrected chi connectivity index (χ0v) is 9.97. The van der Waals surface area contributed by atoms with Gasteiger partial charge in [0.05, 0.1) is 6.67 Å². The highest BCUT2D eigenvalue weighted by molar-refractivity contribution is 5.15. The molecule has 1 aromatic rings. The van der Waals surface area contributed by atoms with E-state index in [9.17, 15) is 0 Å². The molecule has 1 heterocycles. The molecule has 0 radical (unpaired) electrons. The molecular weight excluding hydrogens is 196 g/mol. The highest BCUT2D eigenvalue weighted by Crippen LogP contribution is 2.12. The molecule has 0 amide bonds. The summed E-state index contributed by atoms with van der Waals surface area (Å²) in [6, 6.07) is 10.6. The fourth-order valence-electron chi connectivity index (χ4n) is 1.94. The molecule has 0 fully saturated rings. The van der Waals surface area contributed by atoms with Gasteiger partial charge in [0.25, 0.3) is 0 Å². The molecule has 0 bridgehead atoms. The zero-order chi connectivity index (χ0) is 11.2. The van der Waals surface area contributed by atoms with E-state index in [1.807, 2.05) is 0 Å². The third-order valence-electron chi connectivity index (χ3n) is 2.88. The van der Waals surface area contributed by atoms with Crippen molar-refractivity contribution in [2.45, 2.75) is 26.3 Å². The summed E-state index contributed by atoms with van der Waals surface area (Å²) in [5, 5.41) is 0. The predicted molar refractivity (Wildman–Crippen MR) is 67.6 cm³/mol. The van der Waals surface area contributed by atoms with Crippen LogP contribution in [0.3, 0.4) is 0 Å². The Morgan fingerprint density at radius 3 is 2.56 bits per heavy atom. The number of rotatable bonds is 5. The molecule has 0 atom stereocenters. The zero-order valence-electron chi connectivity index (χ0n) is 9.97. The van der Waals surface area contributed by atoms with E-state index < -0.39 is 0 Å². The SMILES string of the molecule is CCCCN1C=CN(Cc2ccccc2)C1. The van der Waals surface area contributed by atoms with Gasteiger partial charge in [-0.15, -0.1) is 0 Å². The van der Waals surface area contributed by atoms with Gasteiger partial charge in [-0.1, -0.05) is 43.7 Å². The van der Waals surface area contributed by atoms with E-state index in [-0.39, 0.29) is 0 Å². The minimum Gasteiger partial charge on any atom is -0.359 e. The van der Waals surface area contributed by atoms with Crippen LogP contribution in [-0.2, 0) is 6.54 Å². The molecule has 0 spiro atoms. The molecule has 1 aliphatic heterocycles. The lowest BCUT2D eigenvalue weighted by Gasteiger charge is -2.21. The van der Waals surface area contributed by atoms with Gasteiger partial charge in [0.1, 0.15) is 0 Å². The highest BCUT2D eigenvalue weighted by atomic mass is 15.3. The summed E-state index contributed by atoms with van der Waals surface area (Å²) in [5.41, 5.74) is 1.38. The summed E-state index contributed by atoms with van der Waals surface area (Å²) in [7, 11) is 0. The topological polar surface area (TPSA) is 6.48 Å². The first-order valence-corrected chi connectivity index (χ1v) is 6.09. The van der Waals surface area contributed by atoms with Crippen molar-refractivity contribution in [1.29, 1.82) is 0 Å². The van der Waals surface area contributed by atoms with Gasteiger partial charge in [-0.3, -0.25) is 0 Å². The minimum atomic E-state index is 1.01. The Morgan fingerprint density at radius 1 is 1.06 bits per heavy atom. The summed E-state index contributed by atoms with van der Waals surface area (Å²) in [4.78, 5) is 4.73. The van der Waals surface area contributed by atoms with Crippen molar-refractivity contribution in [2.24, 2.45) is 0 Å². The third kappa shape index (κ3) is 3.02. The quantitative estimate of drug-likeness (QED) is 0.746. The van der Waals surface area contributed by atoms with Gasteiger partial charge in [0, 0.05) is 25.5 Å². The summed E-state index contributed by atoms with van der Waals surface area (Å²) in [5.74, 6) is 0. The Kier molecular flexibility index (Phi) is 3.86. The molecule has 16 heavy (non-hydrogen) atoms.